The van der Waals surface area contributed by atoms with Gasteiger partial charge in [0, 0.05) is 25.7 Å². The number of amides is 1. The summed E-state index contributed by atoms with van der Waals surface area (Å²) < 4.78 is 30.1. The molecule has 0 radical (unpaired) electrons. The highest BCUT2D eigenvalue weighted by Crippen LogP contribution is 2.10. The summed E-state index contributed by atoms with van der Waals surface area (Å²) in [5.41, 5.74) is -0.711. The van der Waals surface area contributed by atoms with Crippen LogP contribution in [0, 0.1) is 0 Å². The molecule has 124 valence electrons. The molecule has 0 unspecified atom stereocenters. The van der Waals surface area contributed by atoms with Crippen LogP contribution < -0.4 is 10.0 Å². The van der Waals surface area contributed by atoms with Gasteiger partial charge in [0.25, 0.3) is 0 Å². The van der Waals surface area contributed by atoms with Crippen molar-refractivity contribution in [3.05, 3.63) is 0 Å². The fourth-order valence-electron chi connectivity index (χ4n) is 1.54. The second-order valence-corrected chi connectivity index (χ2v) is 7.24. The van der Waals surface area contributed by atoms with Crippen molar-refractivity contribution in [2.45, 2.75) is 38.6 Å². The number of carboxylic acid groups (broad SMARTS) is 1. The van der Waals surface area contributed by atoms with Crippen molar-refractivity contribution in [1.82, 2.24) is 10.0 Å². The van der Waals surface area contributed by atoms with Crippen LogP contribution in [-0.2, 0) is 24.3 Å². The number of rotatable bonds is 11. The Balaban J connectivity index is 4.16. The van der Waals surface area contributed by atoms with E-state index in [1.165, 1.54) is 7.11 Å². The number of nitrogens with one attached hydrogen (secondary N) is 2. The maximum Gasteiger partial charge on any atom is 0.303 e. The minimum Gasteiger partial charge on any atom is -0.481 e. The lowest BCUT2D eigenvalue weighted by Gasteiger charge is -2.25. The standard InChI is InChI=1S/C12H24N2O6S/c1-12(2,6-5-11(16)17)14-10(15)9-13-21(18,19)8-4-7-20-3/h13H,4-9H2,1-3H3,(H,14,15)(H,16,17). The van der Waals surface area contributed by atoms with E-state index in [0.29, 0.717) is 13.0 Å². The highest BCUT2D eigenvalue weighted by Gasteiger charge is 2.22. The van der Waals surface area contributed by atoms with Gasteiger partial charge in [-0.05, 0) is 26.7 Å². The van der Waals surface area contributed by atoms with Crippen LogP contribution in [0.2, 0.25) is 0 Å². The molecule has 0 bridgehead atoms. The molecular weight excluding hydrogens is 300 g/mol. The zero-order chi connectivity index (χ0) is 16.5. The Morgan fingerprint density at radius 3 is 2.43 bits per heavy atom. The molecule has 0 saturated heterocycles. The van der Waals surface area contributed by atoms with Gasteiger partial charge >= 0.3 is 5.97 Å². The van der Waals surface area contributed by atoms with Crippen molar-refractivity contribution in [1.29, 1.82) is 0 Å². The third kappa shape index (κ3) is 11.2. The van der Waals surface area contributed by atoms with Gasteiger partial charge in [0.2, 0.25) is 15.9 Å². The summed E-state index contributed by atoms with van der Waals surface area (Å²) in [6, 6.07) is 0. The third-order valence-electron chi connectivity index (χ3n) is 2.66. The summed E-state index contributed by atoms with van der Waals surface area (Å²) in [6.07, 6.45) is 0.530. The van der Waals surface area contributed by atoms with E-state index < -0.39 is 27.4 Å². The third-order valence-corrected chi connectivity index (χ3v) is 4.07. The largest absolute Gasteiger partial charge is 0.481 e. The fourth-order valence-corrected chi connectivity index (χ4v) is 2.54. The Kier molecular flexibility index (Phi) is 8.45. The number of carbonyl (C=O) groups is 2. The molecule has 0 heterocycles. The predicted molar refractivity (Wildman–Crippen MR) is 77.4 cm³/mol. The molecule has 0 aromatic heterocycles. The normalized spacial score (nSPS) is 12.1. The summed E-state index contributed by atoms with van der Waals surface area (Å²) in [6.45, 7) is 3.32. The smallest absolute Gasteiger partial charge is 0.303 e. The van der Waals surface area contributed by atoms with E-state index in [4.69, 9.17) is 9.84 Å². The average molecular weight is 324 g/mol. The van der Waals surface area contributed by atoms with Crippen LogP contribution in [0.15, 0.2) is 0 Å². The quantitative estimate of drug-likeness (QED) is 0.449. The number of carboxylic acids is 1. The van der Waals surface area contributed by atoms with Crippen LogP contribution in [-0.4, -0.2) is 57.0 Å². The molecule has 0 aliphatic rings. The number of aliphatic carboxylic acids is 1. The lowest BCUT2D eigenvalue weighted by atomic mass is 9.98. The van der Waals surface area contributed by atoms with Gasteiger partial charge in [0.15, 0.2) is 0 Å². The highest BCUT2D eigenvalue weighted by molar-refractivity contribution is 7.89. The van der Waals surface area contributed by atoms with Crippen LogP contribution in [0.3, 0.4) is 0 Å². The Labute approximate surface area is 125 Å². The number of sulfonamides is 1. The summed E-state index contributed by atoms with van der Waals surface area (Å²) in [4.78, 5) is 22.2. The average Bonchev–Trinajstić information content (AvgIpc) is 2.34. The summed E-state index contributed by atoms with van der Waals surface area (Å²) in [5, 5.41) is 11.2. The second-order valence-electron chi connectivity index (χ2n) is 5.31. The van der Waals surface area contributed by atoms with E-state index in [2.05, 4.69) is 10.0 Å². The SMILES string of the molecule is COCCCS(=O)(=O)NCC(=O)NC(C)(C)CCC(=O)O. The molecular formula is C12H24N2O6S. The molecule has 8 nitrogen and oxygen atoms in total. The van der Waals surface area contributed by atoms with E-state index in [0.717, 1.165) is 0 Å². The molecule has 1 amide bonds. The van der Waals surface area contributed by atoms with Crippen molar-refractivity contribution in [2.24, 2.45) is 0 Å². The molecule has 0 aliphatic carbocycles. The van der Waals surface area contributed by atoms with E-state index in [9.17, 15) is 18.0 Å². The van der Waals surface area contributed by atoms with E-state index in [1.807, 2.05) is 0 Å². The maximum atomic E-state index is 11.7. The Morgan fingerprint density at radius 1 is 1.29 bits per heavy atom. The Hall–Kier alpha value is -1.19. The first-order chi connectivity index (χ1) is 9.58. The summed E-state index contributed by atoms with van der Waals surface area (Å²) in [5.74, 6) is -1.56. The molecule has 0 aromatic carbocycles. The van der Waals surface area contributed by atoms with E-state index in [-0.39, 0.29) is 25.1 Å². The number of ether oxygens (including phenoxy) is 1. The molecule has 3 N–H and O–H groups in total. The van der Waals surface area contributed by atoms with Gasteiger partial charge in [0.05, 0.1) is 12.3 Å². The van der Waals surface area contributed by atoms with E-state index in [1.54, 1.807) is 13.8 Å². The van der Waals surface area contributed by atoms with Crippen molar-refractivity contribution < 1.29 is 27.9 Å². The lowest BCUT2D eigenvalue weighted by Crippen LogP contribution is -2.48. The summed E-state index contributed by atoms with van der Waals surface area (Å²) >= 11 is 0. The minimum atomic E-state index is -3.52. The Bertz CT molecular complexity index is 447. The van der Waals surface area contributed by atoms with Gasteiger partial charge in [-0.3, -0.25) is 9.59 Å². The first-order valence-corrected chi connectivity index (χ1v) is 8.22. The molecule has 0 rings (SSSR count). The second kappa shape index (κ2) is 8.96. The zero-order valence-electron chi connectivity index (χ0n) is 12.6. The molecule has 0 saturated carbocycles. The van der Waals surface area contributed by atoms with Crippen molar-refractivity contribution >= 4 is 21.9 Å². The van der Waals surface area contributed by atoms with E-state index >= 15 is 0 Å². The number of hydrogen-bond donors (Lipinski definition) is 3. The van der Waals surface area contributed by atoms with Crippen LogP contribution in [0.25, 0.3) is 0 Å². The zero-order valence-corrected chi connectivity index (χ0v) is 13.5. The first kappa shape index (κ1) is 19.8. The van der Waals surface area contributed by atoms with Crippen molar-refractivity contribution in [3.63, 3.8) is 0 Å². The van der Waals surface area contributed by atoms with Crippen LogP contribution in [0.1, 0.15) is 33.1 Å². The molecule has 0 spiro atoms. The maximum absolute atomic E-state index is 11.7. The molecule has 9 heteroatoms. The molecule has 21 heavy (non-hydrogen) atoms. The minimum absolute atomic E-state index is 0.0734. The number of methoxy groups -OCH3 is 1. The first-order valence-electron chi connectivity index (χ1n) is 6.57. The predicted octanol–water partition coefficient (Wildman–Crippen LogP) is -0.298. The Morgan fingerprint density at radius 2 is 1.90 bits per heavy atom. The van der Waals surface area contributed by atoms with Gasteiger partial charge < -0.3 is 15.2 Å². The molecule has 0 aromatic rings. The van der Waals surface area contributed by atoms with Gasteiger partial charge in [0.1, 0.15) is 0 Å². The lowest BCUT2D eigenvalue weighted by molar-refractivity contribution is -0.137. The monoisotopic (exact) mass is 324 g/mol. The van der Waals surface area contributed by atoms with Crippen molar-refractivity contribution in [3.8, 4) is 0 Å². The fraction of sp³-hybridized carbons (Fsp3) is 0.833. The highest BCUT2D eigenvalue weighted by atomic mass is 32.2. The number of carbonyl (C=O) groups excluding carboxylic acids is 1. The molecule has 0 fully saturated rings. The summed E-state index contributed by atoms with van der Waals surface area (Å²) in [7, 11) is -2.04. The van der Waals surface area contributed by atoms with Gasteiger partial charge in [-0.15, -0.1) is 0 Å². The van der Waals surface area contributed by atoms with Gasteiger partial charge in [-0.25, -0.2) is 13.1 Å². The van der Waals surface area contributed by atoms with Crippen LogP contribution in [0.4, 0.5) is 0 Å². The van der Waals surface area contributed by atoms with Gasteiger partial charge in [-0.2, -0.15) is 0 Å². The molecule has 0 atom stereocenters. The van der Waals surface area contributed by atoms with Crippen molar-refractivity contribution in [2.75, 3.05) is 26.0 Å². The molecule has 0 aliphatic heterocycles. The van der Waals surface area contributed by atoms with Crippen LogP contribution in [0.5, 0.6) is 0 Å². The topological polar surface area (TPSA) is 122 Å². The van der Waals surface area contributed by atoms with Gasteiger partial charge in [-0.1, -0.05) is 0 Å². The van der Waals surface area contributed by atoms with Crippen LogP contribution >= 0.6 is 0 Å². The number of hydrogen-bond acceptors (Lipinski definition) is 5.